The molecule has 11 aromatic carbocycles. The van der Waals surface area contributed by atoms with E-state index in [1.807, 2.05) is 281 Å². The van der Waals surface area contributed by atoms with Crippen molar-refractivity contribution in [2.75, 3.05) is 0 Å². The molecule has 0 unspecified atom stereocenters. The van der Waals surface area contributed by atoms with Gasteiger partial charge in [-0.15, -0.1) is 22.7 Å². The lowest BCUT2D eigenvalue weighted by Crippen LogP contribution is -1.92. The lowest BCUT2D eigenvalue weighted by Gasteiger charge is -2.05. The molecule has 0 radical (unpaired) electrons. The van der Waals surface area contributed by atoms with Gasteiger partial charge < -0.3 is 13.6 Å². The average molecular weight is 1800 g/mol. The van der Waals surface area contributed by atoms with Crippen molar-refractivity contribution >= 4 is 131 Å². The maximum atomic E-state index is 5.08. The van der Waals surface area contributed by atoms with Gasteiger partial charge in [0.05, 0.1) is 26.3 Å². The lowest BCUT2D eigenvalue weighted by atomic mass is 9.99. The van der Waals surface area contributed by atoms with Crippen molar-refractivity contribution in [2.24, 2.45) is 14.1 Å². The van der Waals surface area contributed by atoms with Crippen LogP contribution in [-0.4, -0.2) is 34.1 Å². The van der Waals surface area contributed by atoms with E-state index in [9.17, 15) is 0 Å². The van der Waals surface area contributed by atoms with Gasteiger partial charge in [-0.1, -0.05) is 353 Å². The van der Waals surface area contributed by atoms with E-state index in [0.717, 1.165) is 67.1 Å². The van der Waals surface area contributed by atoms with Gasteiger partial charge in [0.1, 0.15) is 17.3 Å². The van der Waals surface area contributed by atoms with Gasteiger partial charge in [-0.25, -0.2) is 15.0 Å². The zero-order chi connectivity index (χ0) is 100. The summed E-state index contributed by atoms with van der Waals surface area (Å²) in [5.74, 6) is 2.81. The second-order valence-corrected chi connectivity index (χ2v) is 30.5. The van der Waals surface area contributed by atoms with E-state index in [4.69, 9.17) is 4.42 Å². The molecule has 0 saturated carbocycles. The molecule has 0 atom stereocenters. The molecule has 0 bridgehead atoms. The summed E-state index contributed by atoms with van der Waals surface area (Å²) in [6, 6.07) is 91.5. The summed E-state index contributed by atoms with van der Waals surface area (Å²) in [6.45, 7) is 81.0. The van der Waals surface area contributed by atoms with E-state index in [1.165, 1.54) is 129 Å². The van der Waals surface area contributed by atoms with Crippen LogP contribution in [0.4, 0.5) is 0 Å². The van der Waals surface area contributed by atoms with Gasteiger partial charge in [0.15, 0.2) is 0 Å². The number of benzene rings is 11. The number of rotatable bonds is 0. The number of fused-ring (bicyclic) bond motifs is 13. The summed E-state index contributed by atoms with van der Waals surface area (Å²) in [4.78, 5) is 24.6. The van der Waals surface area contributed by atoms with Crippen molar-refractivity contribution in [3.8, 4) is 0 Å². The van der Waals surface area contributed by atoms with Crippen LogP contribution < -0.4 is 0 Å². The molecule has 706 valence electrons. The number of para-hydroxylation sites is 4. The molecule has 0 amide bonds. The topological polar surface area (TPSA) is 87.5 Å². The summed E-state index contributed by atoms with van der Waals surface area (Å²) >= 11 is 3.60. The molecule has 8 nitrogen and oxygen atoms in total. The highest BCUT2D eigenvalue weighted by molar-refractivity contribution is 7.18. The van der Waals surface area contributed by atoms with Crippen molar-refractivity contribution in [1.29, 1.82) is 0 Å². The first-order valence-corrected chi connectivity index (χ1v) is 50.1. The Morgan fingerprint density at radius 2 is 0.588 bits per heavy atom. The Kier molecular flexibility index (Phi) is 64.5. The predicted octanol–water partition coefficient (Wildman–Crippen LogP) is 39.3. The zero-order valence-electron chi connectivity index (χ0n) is 89.2. The molecule has 8 heterocycles. The van der Waals surface area contributed by atoms with Crippen LogP contribution in [0.25, 0.3) is 108 Å². The molecular formula is C121H169N7OS2. The van der Waals surface area contributed by atoms with Crippen LogP contribution >= 0.6 is 22.7 Å². The highest BCUT2D eigenvalue weighted by atomic mass is 32.1. The van der Waals surface area contributed by atoms with Gasteiger partial charge in [-0.3, -0.25) is 9.97 Å². The molecule has 19 rings (SSSR count). The fourth-order valence-electron chi connectivity index (χ4n) is 13.6. The average Bonchev–Trinajstić information content (AvgIpc) is 1.60. The molecule has 19 aromatic rings. The second-order valence-electron chi connectivity index (χ2n) is 27.8. The first-order chi connectivity index (χ1) is 63.4. The Labute approximate surface area is 803 Å². The van der Waals surface area contributed by atoms with Crippen molar-refractivity contribution in [3.05, 3.63) is 349 Å². The van der Waals surface area contributed by atoms with E-state index in [1.54, 1.807) is 11.3 Å². The third kappa shape index (κ3) is 38.9. The van der Waals surface area contributed by atoms with Crippen molar-refractivity contribution in [3.63, 3.8) is 0 Å². The Morgan fingerprint density at radius 1 is 0.229 bits per heavy atom. The molecule has 10 heteroatoms. The minimum absolute atomic E-state index is 0.839. The van der Waals surface area contributed by atoms with E-state index in [0.29, 0.717) is 0 Å². The zero-order valence-corrected chi connectivity index (χ0v) is 90.8. The third-order valence-corrected chi connectivity index (χ3v) is 20.6. The number of nitrogens with zero attached hydrogens (tertiary/aromatic N) is 7. The van der Waals surface area contributed by atoms with Gasteiger partial charge >= 0.3 is 0 Å². The van der Waals surface area contributed by atoms with Gasteiger partial charge in [0, 0.05) is 106 Å². The third-order valence-electron chi connectivity index (χ3n) is 18.7. The van der Waals surface area contributed by atoms with E-state index in [-0.39, 0.29) is 0 Å². The number of furan rings is 1. The fraction of sp³-hybridized carbons (Fsp3) is 0.347. The van der Waals surface area contributed by atoms with Crippen LogP contribution in [0.15, 0.2) is 265 Å². The number of hydrogen-bond donors (Lipinski definition) is 0. The summed E-state index contributed by atoms with van der Waals surface area (Å²) in [5, 5.41) is 16.8. The normalized spacial score (nSPS) is 9.30. The number of aryl methyl sites for hydroxylation is 18. The molecule has 0 fully saturated rings. The largest absolute Gasteiger partial charge is 0.467 e. The molecule has 0 saturated heterocycles. The molecular weight excluding hydrogens is 1630 g/mol. The Bertz CT molecular complexity index is 5950. The van der Waals surface area contributed by atoms with E-state index in [2.05, 4.69) is 317 Å². The summed E-state index contributed by atoms with van der Waals surface area (Å²) in [5.41, 5.74) is 20.7. The van der Waals surface area contributed by atoms with Gasteiger partial charge in [-0.2, -0.15) is 0 Å². The Morgan fingerprint density at radius 3 is 1.07 bits per heavy atom. The minimum Gasteiger partial charge on any atom is -0.467 e. The van der Waals surface area contributed by atoms with Crippen LogP contribution in [0.2, 0.25) is 0 Å². The number of thiophene rings is 1. The maximum absolute atomic E-state index is 5.08. The SMILES string of the molecule is CC.CC.CC.CC.CC.CC.CC.CC.CC.CC.CC.CC.Cc1cc(C)c2ccccc2n1.Cc1cc2ccccc2c(C)n1.Cc1ccc(C)o1.Cc1ccc(C)s1.Cc1ccc2c(c1)c1ccccc1n2C.Cc1ccc2c(ccc3cc(C)ccc32)c1.Cc1ccc2c3ccccc3n(C)c2c1.Cc1ccc2nc(C)sc2c1.Cc1nc(C)c2ccccc2n1. The second kappa shape index (κ2) is 69.5. The number of thiazole rings is 1. The number of pyridine rings is 2. The minimum atomic E-state index is 0.839. The van der Waals surface area contributed by atoms with Crippen LogP contribution in [-0.2, 0) is 14.1 Å². The monoisotopic (exact) mass is 1800 g/mol. The quantitative estimate of drug-likeness (QED) is 0.141. The van der Waals surface area contributed by atoms with E-state index >= 15 is 0 Å². The van der Waals surface area contributed by atoms with Gasteiger partial charge in [0.2, 0.25) is 0 Å². The van der Waals surface area contributed by atoms with Crippen LogP contribution in [0, 0.1) is 111 Å². The number of hydrogen-bond acceptors (Lipinski definition) is 8. The van der Waals surface area contributed by atoms with Gasteiger partial charge in [0.25, 0.3) is 0 Å². The van der Waals surface area contributed by atoms with Crippen LogP contribution in [0.5, 0.6) is 0 Å². The molecule has 0 aliphatic carbocycles. The Hall–Kier alpha value is -11.4. The highest BCUT2D eigenvalue weighted by Crippen LogP contribution is 2.32. The molecule has 8 aromatic heterocycles. The predicted molar refractivity (Wildman–Crippen MR) is 600 cm³/mol. The summed E-state index contributed by atoms with van der Waals surface area (Å²) in [6.07, 6.45) is 0. The first-order valence-electron chi connectivity index (χ1n) is 48.5. The summed E-state index contributed by atoms with van der Waals surface area (Å²) < 4.78 is 10.9. The lowest BCUT2D eigenvalue weighted by molar-refractivity contribution is 0.504. The Balaban J connectivity index is 0. The van der Waals surface area contributed by atoms with Crippen molar-refractivity contribution < 1.29 is 4.42 Å². The standard InChI is InChI=1S/C16H14.2C14H13N.2C11H11N.C10H10N2.C9H9NS.C6H8O.C6H8S.12C2H6/c1-11-3-7-15-13(9-11)5-6-14-10-12(2)4-8-16(14)15;1-10-7-8-14-12(9-10)11-5-3-4-6-13(11)15(14)2;1-10-7-8-12-11-5-3-4-6-13(11)15(2)14(12)9-10;1-8-7-10-5-3-4-6-11(10)9(2)12-8;1-8-7-9(2)12-11-6-4-3-5-10(8)11;1-7-9-5-3-4-6-10(9)12-8(2)11-7;1-6-3-4-8-9(5-6)11-7(2)10-8;2*1-5-3-4-6(2)7-5;12*1-2/h3-10H,1-2H3;2*3-9H,1-2H3;2*3-7H,1-2H3;3-6H,1-2H3;3-5H,1-2H3;2*3-4H,1-2H3;12*1-2H3. The van der Waals surface area contributed by atoms with Gasteiger partial charge in [-0.05, 0) is 245 Å². The highest BCUT2D eigenvalue weighted by Gasteiger charge is 2.10. The van der Waals surface area contributed by atoms with Crippen LogP contribution in [0.1, 0.15) is 254 Å². The van der Waals surface area contributed by atoms with Crippen LogP contribution in [0.3, 0.4) is 0 Å². The molecule has 0 N–H and O–H groups in total. The van der Waals surface area contributed by atoms with Crippen molar-refractivity contribution in [2.45, 2.75) is 277 Å². The molecule has 0 aliphatic heterocycles. The first kappa shape index (κ1) is 122. The molecule has 131 heavy (non-hydrogen) atoms. The van der Waals surface area contributed by atoms with Crippen molar-refractivity contribution in [1.82, 2.24) is 34.1 Å². The molecule has 0 spiro atoms. The maximum Gasteiger partial charge on any atom is 0.126 e. The fourth-order valence-corrected chi connectivity index (χ4v) is 15.3. The molecule has 0 aliphatic rings. The number of aromatic nitrogens is 7. The van der Waals surface area contributed by atoms with E-state index < -0.39 is 0 Å². The smallest absolute Gasteiger partial charge is 0.126 e. The summed E-state index contributed by atoms with van der Waals surface area (Å²) in [7, 11) is 4.25.